The van der Waals surface area contributed by atoms with Crippen molar-refractivity contribution in [3.8, 4) is 11.5 Å². The van der Waals surface area contributed by atoms with Crippen LogP contribution in [0, 0.1) is 12.7 Å². The van der Waals surface area contributed by atoms with E-state index < -0.39 is 0 Å². The van der Waals surface area contributed by atoms with Crippen molar-refractivity contribution in [2.24, 2.45) is 0 Å². The van der Waals surface area contributed by atoms with Gasteiger partial charge in [0.05, 0.1) is 4.83 Å². The van der Waals surface area contributed by atoms with Crippen LogP contribution in [0.5, 0.6) is 11.5 Å². The second-order valence-electron chi connectivity index (χ2n) is 4.83. The zero-order chi connectivity index (χ0) is 14.1. The van der Waals surface area contributed by atoms with Gasteiger partial charge < -0.3 is 9.47 Å². The van der Waals surface area contributed by atoms with E-state index in [2.05, 4.69) is 15.9 Å². The molecule has 0 radical (unpaired) electrons. The number of ether oxygens (including phenoxy) is 2. The molecule has 0 saturated carbocycles. The fraction of sp³-hybridized carbons (Fsp3) is 0.250. The normalized spacial score (nSPS) is 14.9. The van der Waals surface area contributed by atoms with Gasteiger partial charge in [0.1, 0.15) is 19.0 Å². The molecule has 0 spiro atoms. The molecule has 0 amide bonds. The molecular formula is C16H14BrFO2. The van der Waals surface area contributed by atoms with Crippen LogP contribution in [0.4, 0.5) is 4.39 Å². The molecule has 0 aliphatic carbocycles. The van der Waals surface area contributed by atoms with Crippen LogP contribution in [-0.2, 0) is 0 Å². The van der Waals surface area contributed by atoms with E-state index >= 15 is 0 Å². The SMILES string of the molecule is Cc1cc(F)cc(C(Br)c2ccc3c(c2)OCCO3)c1. The Morgan fingerprint density at radius 2 is 1.75 bits per heavy atom. The molecule has 2 aromatic rings. The van der Waals surface area contributed by atoms with Gasteiger partial charge >= 0.3 is 0 Å². The lowest BCUT2D eigenvalue weighted by atomic mass is 10.0. The first-order valence-corrected chi connectivity index (χ1v) is 7.36. The molecular weight excluding hydrogens is 323 g/mol. The van der Waals surface area contributed by atoms with Crippen molar-refractivity contribution in [2.75, 3.05) is 13.2 Å². The summed E-state index contributed by atoms with van der Waals surface area (Å²) < 4.78 is 24.6. The molecule has 1 atom stereocenters. The van der Waals surface area contributed by atoms with Crippen LogP contribution in [0.1, 0.15) is 21.5 Å². The molecule has 1 aliphatic rings. The predicted molar refractivity (Wildman–Crippen MR) is 79.3 cm³/mol. The van der Waals surface area contributed by atoms with E-state index in [4.69, 9.17) is 9.47 Å². The van der Waals surface area contributed by atoms with Gasteiger partial charge in [0, 0.05) is 0 Å². The van der Waals surface area contributed by atoms with Crippen molar-refractivity contribution in [2.45, 2.75) is 11.8 Å². The molecule has 0 fully saturated rings. The zero-order valence-corrected chi connectivity index (χ0v) is 12.6. The molecule has 1 heterocycles. The number of aryl methyl sites for hydroxylation is 1. The molecule has 1 unspecified atom stereocenters. The smallest absolute Gasteiger partial charge is 0.161 e. The lowest BCUT2D eigenvalue weighted by molar-refractivity contribution is 0.171. The molecule has 3 rings (SSSR count). The summed E-state index contributed by atoms with van der Waals surface area (Å²) in [5.41, 5.74) is 2.81. The molecule has 2 aromatic carbocycles. The molecule has 0 bridgehead atoms. The number of benzene rings is 2. The third-order valence-corrected chi connectivity index (χ3v) is 4.27. The first-order chi connectivity index (χ1) is 9.63. The van der Waals surface area contributed by atoms with Crippen molar-refractivity contribution < 1.29 is 13.9 Å². The number of hydrogen-bond donors (Lipinski definition) is 0. The second kappa shape index (κ2) is 5.44. The fourth-order valence-electron chi connectivity index (χ4n) is 2.32. The standard InChI is InChI=1S/C16H14BrFO2/c1-10-6-12(8-13(18)7-10)16(17)11-2-3-14-15(9-11)20-5-4-19-14/h2-3,6-9,16H,4-5H2,1H3. The van der Waals surface area contributed by atoms with Gasteiger partial charge in [-0.2, -0.15) is 0 Å². The predicted octanol–water partition coefficient (Wildman–Crippen LogP) is 4.39. The summed E-state index contributed by atoms with van der Waals surface area (Å²) in [4.78, 5) is -0.0762. The Hall–Kier alpha value is -1.55. The van der Waals surface area contributed by atoms with Crippen LogP contribution in [0.2, 0.25) is 0 Å². The molecule has 20 heavy (non-hydrogen) atoms. The van der Waals surface area contributed by atoms with E-state index in [0.717, 1.165) is 28.2 Å². The van der Waals surface area contributed by atoms with Gasteiger partial charge in [-0.05, 0) is 47.9 Å². The first-order valence-electron chi connectivity index (χ1n) is 6.44. The number of hydrogen-bond acceptors (Lipinski definition) is 2. The van der Waals surface area contributed by atoms with E-state index in [9.17, 15) is 4.39 Å². The second-order valence-corrected chi connectivity index (χ2v) is 5.74. The largest absolute Gasteiger partial charge is 0.486 e. The number of alkyl halides is 1. The zero-order valence-electron chi connectivity index (χ0n) is 11.0. The first kappa shape index (κ1) is 13.4. The quantitative estimate of drug-likeness (QED) is 0.757. The van der Waals surface area contributed by atoms with E-state index in [0.29, 0.717) is 13.2 Å². The summed E-state index contributed by atoms with van der Waals surface area (Å²) in [7, 11) is 0. The molecule has 104 valence electrons. The topological polar surface area (TPSA) is 18.5 Å². The van der Waals surface area contributed by atoms with Gasteiger partial charge in [-0.1, -0.05) is 28.1 Å². The number of rotatable bonds is 2. The van der Waals surface area contributed by atoms with Crippen molar-refractivity contribution in [3.63, 3.8) is 0 Å². The molecule has 1 aliphatic heterocycles. The average Bonchev–Trinajstić information content (AvgIpc) is 2.45. The average molecular weight is 337 g/mol. The van der Waals surface area contributed by atoms with E-state index in [-0.39, 0.29) is 10.6 Å². The molecule has 0 N–H and O–H groups in total. The maximum absolute atomic E-state index is 13.5. The Labute approximate surface area is 125 Å². The Morgan fingerprint density at radius 1 is 1.00 bits per heavy atom. The highest BCUT2D eigenvalue weighted by Crippen LogP contribution is 2.38. The van der Waals surface area contributed by atoms with Gasteiger partial charge in [0.15, 0.2) is 11.5 Å². The van der Waals surface area contributed by atoms with Gasteiger partial charge in [0.25, 0.3) is 0 Å². The van der Waals surface area contributed by atoms with Gasteiger partial charge in [-0.3, -0.25) is 0 Å². The molecule has 2 nitrogen and oxygen atoms in total. The van der Waals surface area contributed by atoms with Crippen LogP contribution in [0.15, 0.2) is 36.4 Å². The van der Waals surface area contributed by atoms with Crippen molar-refractivity contribution in [3.05, 3.63) is 58.9 Å². The summed E-state index contributed by atoms with van der Waals surface area (Å²) in [6, 6.07) is 10.8. The minimum atomic E-state index is -0.220. The third-order valence-electron chi connectivity index (χ3n) is 3.22. The number of fused-ring (bicyclic) bond motifs is 1. The van der Waals surface area contributed by atoms with Crippen LogP contribution in [0.3, 0.4) is 0 Å². The Morgan fingerprint density at radius 3 is 2.50 bits per heavy atom. The maximum Gasteiger partial charge on any atom is 0.161 e. The highest BCUT2D eigenvalue weighted by atomic mass is 79.9. The van der Waals surface area contributed by atoms with Crippen molar-refractivity contribution in [1.29, 1.82) is 0 Å². The summed E-state index contributed by atoms with van der Waals surface area (Å²) >= 11 is 3.63. The van der Waals surface area contributed by atoms with Gasteiger partial charge in [-0.25, -0.2) is 4.39 Å². The minimum absolute atomic E-state index is 0.0762. The van der Waals surface area contributed by atoms with Crippen molar-refractivity contribution in [1.82, 2.24) is 0 Å². The number of halogens is 2. The lowest BCUT2D eigenvalue weighted by Gasteiger charge is -2.20. The third kappa shape index (κ3) is 2.66. The summed E-state index contributed by atoms with van der Waals surface area (Å²) in [5.74, 6) is 1.28. The van der Waals surface area contributed by atoms with E-state index in [1.165, 1.54) is 6.07 Å². The summed E-state index contributed by atoms with van der Waals surface area (Å²) in [5, 5.41) is 0. The van der Waals surface area contributed by atoms with Crippen LogP contribution in [-0.4, -0.2) is 13.2 Å². The van der Waals surface area contributed by atoms with Gasteiger partial charge in [0.2, 0.25) is 0 Å². The maximum atomic E-state index is 13.5. The monoisotopic (exact) mass is 336 g/mol. The molecule has 0 saturated heterocycles. The van der Waals surface area contributed by atoms with Crippen LogP contribution >= 0.6 is 15.9 Å². The van der Waals surface area contributed by atoms with Crippen LogP contribution < -0.4 is 9.47 Å². The summed E-state index contributed by atoms with van der Waals surface area (Å²) in [6.45, 7) is 3.02. The lowest BCUT2D eigenvalue weighted by Crippen LogP contribution is -2.15. The highest BCUT2D eigenvalue weighted by molar-refractivity contribution is 9.09. The van der Waals surface area contributed by atoms with E-state index in [1.807, 2.05) is 31.2 Å². The van der Waals surface area contributed by atoms with Crippen molar-refractivity contribution >= 4 is 15.9 Å². The fourth-order valence-corrected chi connectivity index (χ4v) is 2.87. The minimum Gasteiger partial charge on any atom is -0.486 e. The Kier molecular flexibility index (Phi) is 3.66. The van der Waals surface area contributed by atoms with Crippen LogP contribution in [0.25, 0.3) is 0 Å². The molecule has 4 heteroatoms. The Balaban J connectivity index is 1.95. The van der Waals surface area contributed by atoms with E-state index in [1.54, 1.807) is 6.07 Å². The highest BCUT2D eigenvalue weighted by Gasteiger charge is 2.17. The Bertz CT molecular complexity index is 622. The summed E-state index contributed by atoms with van der Waals surface area (Å²) in [6.07, 6.45) is 0. The molecule has 0 aromatic heterocycles. The van der Waals surface area contributed by atoms with Gasteiger partial charge in [-0.15, -0.1) is 0 Å².